The molecule has 0 radical (unpaired) electrons. The van der Waals surface area contributed by atoms with Crippen molar-refractivity contribution in [3.05, 3.63) is 0 Å². The van der Waals surface area contributed by atoms with Gasteiger partial charge in [0, 0.05) is 19.1 Å². The summed E-state index contributed by atoms with van der Waals surface area (Å²) in [5.74, 6) is 0.491. The van der Waals surface area contributed by atoms with Crippen molar-refractivity contribution in [2.24, 2.45) is 5.92 Å². The van der Waals surface area contributed by atoms with Crippen molar-refractivity contribution < 1.29 is 9.53 Å². The van der Waals surface area contributed by atoms with Crippen molar-refractivity contribution in [3.8, 4) is 0 Å². The van der Waals surface area contributed by atoms with Crippen LogP contribution in [0.4, 0.5) is 0 Å². The molecule has 1 saturated carbocycles. The quantitative estimate of drug-likeness (QED) is 0.695. The Hall–Kier alpha value is -0.610. The van der Waals surface area contributed by atoms with Gasteiger partial charge in [0.2, 0.25) is 0 Å². The Morgan fingerprint density at radius 3 is 2.45 bits per heavy atom. The number of hydrogen-bond acceptors (Lipinski definition) is 4. The first-order valence-corrected chi connectivity index (χ1v) is 7.94. The maximum Gasteiger partial charge on any atom is 0.325 e. The number of carbonyl (C=O) groups excluding carboxylic acids is 1. The second-order valence-electron chi connectivity index (χ2n) is 6.65. The lowest BCUT2D eigenvalue weighted by Gasteiger charge is -2.34. The molecule has 118 valence electrons. The highest BCUT2D eigenvalue weighted by Crippen LogP contribution is 2.25. The van der Waals surface area contributed by atoms with Gasteiger partial charge in [-0.1, -0.05) is 26.7 Å². The molecule has 0 saturated heterocycles. The lowest BCUT2D eigenvalue weighted by Crippen LogP contribution is -2.51. The second-order valence-corrected chi connectivity index (χ2v) is 6.65. The molecular formula is C16H32N2O2. The maximum atomic E-state index is 11.9. The van der Waals surface area contributed by atoms with Crippen molar-refractivity contribution in [2.75, 3.05) is 27.2 Å². The van der Waals surface area contributed by atoms with E-state index in [2.05, 4.69) is 24.1 Å². The SMILES string of the molecule is CNC(C)(CCN(CC(C)C)C1CCCC1)C(=O)OC. The molecule has 4 heteroatoms. The normalized spacial score (nSPS) is 19.6. The molecule has 0 amide bonds. The van der Waals surface area contributed by atoms with E-state index in [0.29, 0.717) is 12.0 Å². The topological polar surface area (TPSA) is 41.6 Å². The molecule has 0 aromatic carbocycles. The first kappa shape index (κ1) is 17.4. The van der Waals surface area contributed by atoms with Gasteiger partial charge < -0.3 is 15.0 Å². The minimum atomic E-state index is -0.581. The predicted molar refractivity (Wildman–Crippen MR) is 82.8 cm³/mol. The number of ether oxygens (including phenoxy) is 1. The van der Waals surface area contributed by atoms with Gasteiger partial charge in [0.15, 0.2) is 0 Å². The van der Waals surface area contributed by atoms with Crippen LogP contribution in [0.1, 0.15) is 52.9 Å². The van der Waals surface area contributed by atoms with E-state index in [4.69, 9.17) is 4.74 Å². The van der Waals surface area contributed by atoms with Gasteiger partial charge in [-0.15, -0.1) is 0 Å². The minimum absolute atomic E-state index is 0.170. The summed E-state index contributed by atoms with van der Waals surface area (Å²) in [6, 6.07) is 0.705. The van der Waals surface area contributed by atoms with E-state index < -0.39 is 5.54 Å². The highest BCUT2D eigenvalue weighted by atomic mass is 16.5. The molecule has 0 aromatic heterocycles. The zero-order chi connectivity index (χ0) is 15.2. The van der Waals surface area contributed by atoms with Crippen LogP contribution >= 0.6 is 0 Å². The molecule has 0 bridgehead atoms. The van der Waals surface area contributed by atoms with Gasteiger partial charge in [0.1, 0.15) is 5.54 Å². The smallest absolute Gasteiger partial charge is 0.325 e. The number of rotatable bonds is 8. The molecule has 1 aliphatic carbocycles. The summed E-state index contributed by atoms with van der Waals surface area (Å²) >= 11 is 0. The molecule has 0 aromatic rings. The van der Waals surface area contributed by atoms with Crippen LogP contribution in [0.3, 0.4) is 0 Å². The van der Waals surface area contributed by atoms with Crippen molar-refractivity contribution in [1.82, 2.24) is 10.2 Å². The van der Waals surface area contributed by atoms with Crippen molar-refractivity contribution in [3.63, 3.8) is 0 Å². The third kappa shape index (κ3) is 4.74. The molecule has 20 heavy (non-hydrogen) atoms. The number of methoxy groups -OCH3 is 1. The van der Waals surface area contributed by atoms with Crippen molar-refractivity contribution in [1.29, 1.82) is 0 Å². The average Bonchev–Trinajstić information content (AvgIpc) is 2.95. The minimum Gasteiger partial charge on any atom is -0.468 e. The van der Waals surface area contributed by atoms with Crippen LogP contribution in [0.25, 0.3) is 0 Å². The molecule has 0 spiro atoms. The Balaban J connectivity index is 2.62. The third-order valence-electron chi connectivity index (χ3n) is 4.53. The fourth-order valence-electron chi connectivity index (χ4n) is 3.08. The third-order valence-corrected chi connectivity index (χ3v) is 4.53. The number of nitrogens with zero attached hydrogens (tertiary/aromatic N) is 1. The Labute approximate surface area is 124 Å². The van der Waals surface area contributed by atoms with E-state index >= 15 is 0 Å². The summed E-state index contributed by atoms with van der Waals surface area (Å²) in [7, 11) is 3.29. The maximum absolute atomic E-state index is 11.9. The van der Waals surface area contributed by atoms with Crippen LogP contribution in [0, 0.1) is 5.92 Å². The van der Waals surface area contributed by atoms with Gasteiger partial charge >= 0.3 is 5.97 Å². The molecular weight excluding hydrogens is 252 g/mol. The van der Waals surface area contributed by atoms with Crippen LogP contribution in [0.5, 0.6) is 0 Å². The summed E-state index contributed by atoms with van der Waals surface area (Å²) < 4.78 is 4.93. The van der Waals surface area contributed by atoms with Gasteiger partial charge in [-0.25, -0.2) is 0 Å². The van der Waals surface area contributed by atoms with Crippen LogP contribution < -0.4 is 5.32 Å². The molecule has 1 unspecified atom stereocenters. The summed E-state index contributed by atoms with van der Waals surface area (Å²) in [5, 5.41) is 3.13. The Morgan fingerprint density at radius 1 is 1.40 bits per heavy atom. The van der Waals surface area contributed by atoms with Gasteiger partial charge in [-0.05, 0) is 39.2 Å². The Bertz CT molecular complexity index is 301. The molecule has 1 rings (SSSR count). The average molecular weight is 284 g/mol. The second kappa shape index (κ2) is 7.99. The van der Waals surface area contributed by atoms with Crippen LogP contribution in [-0.2, 0) is 9.53 Å². The predicted octanol–water partition coefficient (Wildman–Crippen LogP) is 2.43. The molecule has 1 fully saturated rings. The van der Waals surface area contributed by atoms with Crippen molar-refractivity contribution in [2.45, 2.75) is 64.5 Å². The summed E-state index contributed by atoms with van der Waals surface area (Å²) in [5.41, 5.74) is -0.581. The monoisotopic (exact) mass is 284 g/mol. The van der Waals surface area contributed by atoms with Crippen LogP contribution in [0.15, 0.2) is 0 Å². The van der Waals surface area contributed by atoms with Gasteiger partial charge in [0.25, 0.3) is 0 Å². The lowest BCUT2D eigenvalue weighted by atomic mass is 9.97. The Kier molecular flexibility index (Phi) is 6.96. The van der Waals surface area contributed by atoms with E-state index in [1.165, 1.54) is 32.8 Å². The van der Waals surface area contributed by atoms with Gasteiger partial charge in [0.05, 0.1) is 7.11 Å². The zero-order valence-electron chi connectivity index (χ0n) is 13.9. The highest BCUT2D eigenvalue weighted by Gasteiger charge is 2.34. The number of nitrogens with one attached hydrogen (secondary N) is 1. The van der Waals surface area contributed by atoms with E-state index in [1.54, 1.807) is 0 Å². The molecule has 4 nitrogen and oxygen atoms in total. The lowest BCUT2D eigenvalue weighted by molar-refractivity contribution is -0.148. The van der Waals surface area contributed by atoms with E-state index in [-0.39, 0.29) is 5.97 Å². The summed E-state index contributed by atoms with van der Waals surface area (Å²) in [6.45, 7) is 8.53. The first-order valence-electron chi connectivity index (χ1n) is 7.94. The molecule has 0 heterocycles. The molecule has 1 atom stereocenters. The first-order chi connectivity index (χ1) is 9.42. The van der Waals surface area contributed by atoms with Crippen LogP contribution in [-0.4, -0.2) is 49.7 Å². The van der Waals surface area contributed by atoms with Gasteiger partial charge in [-0.3, -0.25) is 4.79 Å². The molecule has 0 aliphatic heterocycles. The Morgan fingerprint density at radius 2 is 2.00 bits per heavy atom. The zero-order valence-corrected chi connectivity index (χ0v) is 13.9. The van der Waals surface area contributed by atoms with E-state index in [9.17, 15) is 4.79 Å². The largest absolute Gasteiger partial charge is 0.468 e. The number of likely N-dealkylation sites (N-methyl/N-ethyl adjacent to an activating group) is 1. The molecule has 1 aliphatic rings. The van der Waals surface area contributed by atoms with Crippen LogP contribution in [0.2, 0.25) is 0 Å². The number of carbonyl (C=O) groups is 1. The van der Waals surface area contributed by atoms with E-state index in [1.807, 2.05) is 14.0 Å². The van der Waals surface area contributed by atoms with Gasteiger partial charge in [-0.2, -0.15) is 0 Å². The van der Waals surface area contributed by atoms with Crippen molar-refractivity contribution >= 4 is 5.97 Å². The fraction of sp³-hybridized carbons (Fsp3) is 0.938. The number of esters is 1. The van der Waals surface area contributed by atoms with E-state index in [0.717, 1.165) is 19.5 Å². The molecule has 1 N–H and O–H groups in total. The fourth-order valence-corrected chi connectivity index (χ4v) is 3.08. The number of hydrogen-bond donors (Lipinski definition) is 1. The highest BCUT2D eigenvalue weighted by molar-refractivity contribution is 5.80. The summed E-state index contributed by atoms with van der Waals surface area (Å²) in [6.07, 6.45) is 6.10. The standard InChI is InChI=1S/C16H32N2O2/c1-13(2)12-18(14-8-6-7-9-14)11-10-16(3,17-4)15(19)20-5/h13-14,17H,6-12H2,1-5H3. The summed E-state index contributed by atoms with van der Waals surface area (Å²) in [4.78, 5) is 14.5.